The first-order chi connectivity index (χ1) is 11.4. The van der Waals surface area contributed by atoms with Crippen molar-refractivity contribution in [3.05, 3.63) is 74.6 Å². The molecule has 0 amide bonds. The van der Waals surface area contributed by atoms with E-state index in [9.17, 15) is 10.1 Å². The van der Waals surface area contributed by atoms with Crippen molar-refractivity contribution in [2.45, 2.75) is 20.8 Å². The van der Waals surface area contributed by atoms with Crippen LogP contribution >= 0.6 is 11.6 Å². The summed E-state index contributed by atoms with van der Waals surface area (Å²) < 4.78 is 1.81. The molecular formula is C18H16ClN3O2. The topological polar surface area (TPSA) is 61.0 Å². The summed E-state index contributed by atoms with van der Waals surface area (Å²) in [6.45, 7) is 5.79. The van der Waals surface area contributed by atoms with Crippen molar-refractivity contribution in [2.75, 3.05) is 0 Å². The SMILES string of the molecule is Cc1ccc(-n2nc(C)c(-c3cccc([N+](=O)[O-])c3)c2C)cc1Cl. The molecule has 0 spiro atoms. The van der Waals surface area contributed by atoms with E-state index in [2.05, 4.69) is 5.10 Å². The second kappa shape index (κ2) is 6.09. The lowest BCUT2D eigenvalue weighted by atomic mass is 10.0. The van der Waals surface area contributed by atoms with Gasteiger partial charge >= 0.3 is 0 Å². The number of nitrogens with zero attached hydrogens (tertiary/aromatic N) is 3. The van der Waals surface area contributed by atoms with Gasteiger partial charge in [0.2, 0.25) is 0 Å². The minimum Gasteiger partial charge on any atom is -0.258 e. The molecule has 1 heterocycles. The third-order valence-electron chi connectivity index (χ3n) is 4.04. The monoisotopic (exact) mass is 341 g/mol. The van der Waals surface area contributed by atoms with E-state index in [1.165, 1.54) is 6.07 Å². The largest absolute Gasteiger partial charge is 0.270 e. The van der Waals surface area contributed by atoms with Gasteiger partial charge in [-0.3, -0.25) is 10.1 Å². The van der Waals surface area contributed by atoms with Crippen LogP contribution in [0.1, 0.15) is 17.0 Å². The molecule has 0 aliphatic rings. The van der Waals surface area contributed by atoms with E-state index in [1.807, 2.05) is 49.7 Å². The van der Waals surface area contributed by atoms with E-state index >= 15 is 0 Å². The molecule has 0 fully saturated rings. The van der Waals surface area contributed by atoms with Crippen LogP contribution in [0.2, 0.25) is 5.02 Å². The van der Waals surface area contributed by atoms with E-state index in [0.717, 1.165) is 33.8 Å². The number of halogens is 1. The lowest BCUT2D eigenvalue weighted by Crippen LogP contribution is -1.99. The second-order valence-electron chi connectivity index (χ2n) is 5.70. The quantitative estimate of drug-likeness (QED) is 0.496. The van der Waals surface area contributed by atoms with Gasteiger partial charge in [-0.05, 0) is 44.0 Å². The molecule has 1 aromatic heterocycles. The molecule has 3 rings (SSSR count). The highest BCUT2D eigenvalue weighted by Crippen LogP contribution is 2.31. The van der Waals surface area contributed by atoms with Crippen molar-refractivity contribution in [2.24, 2.45) is 0 Å². The van der Waals surface area contributed by atoms with Gasteiger partial charge in [0.1, 0.15) is 0 Å². The Morgan fingerprint density at radius 2 is 1.88 bits per heavy atom. The van der Waals surface area contributed by atoms with Gasteiger partial charge in [0, 0.05) is 28.4 Å². The number of nitro groups is 1. The molecule has 122 valence electrons. The van der Waals surface area contributed by atoms with Crippen LogP contribution in [0.25, 0.3) is 16.8 Å². The van der Waals surface area contributed by atoms with Gasteiger partial charge in [-0.25, -0.2) is 4.68 Å². The lowest BCUT2D eigenvalue weighted by Gasteiger charge is -2.07. The second-order valence-corrected chi connectivity index (χ2v) is 6.11. The molecule has 0 atom stereocenters. The molecule has 24 heavy (non-hydrogen) atoms. The number of non-ortho nitro benzene ring substituents is 1. The molecule has 0 aliphatic carbocycles. The zero-order valence-electron chi connectivity index (χ0n) is 13.6. The first-order valence-corrected chi connectivity index (χ1v) is 7.84. The molecule has 5 nitrogen and oxygen atoms in total. The zero-order chi connectivity index (χ0) is 17.4. The predicted molar refractivity (Wildman–Crippen MR) is 94.9 cm³/mol. The van der Waals surface area contributed by atoms with Crippen LogP contribution in [0.3, 0.4) is 0 Å². The summed E-state index contributed by atoms with van der Waals surface area (Å²) in [5.41, 5.74) is 5.33. The maximum absolute atomic E-state index is 11.0. The Labute approximate surface area is 144 Å². The third-order valence-corrected chi connectivity index (χ3v) is 4.44. The molecule has 0 saturated heterocycles. The van der Waals surface area contributed by atoms with Crippen molar-refractivity contribution in [3.63, 3.8) is 0 Å². The molecule has 0 aliphatic heterocycles. The summed E-state index contributed by atoms with van der Waals surface area (Å²) in [4.78, 5) is 10.6. The molecule has 3 aromatic rings. The first kappa shape index (κ1) is 16.2. The van der Waals surface area contributed by atoms with Crippen molar-refractivity contribution in [3.8, 4) is 16.8 Å². The summed E-state index contributed by atoms with van der Waals surface area (Å²) in [5, 5.41) is 16.3. The van der Waals surface area contributed by atoms with Gasteiger partial charge in [-0.2, -0.15) is 5.10 Å². The van der Waals surface area contributed by atoms with Gasteiger partial charge in [0.15, 0.2) is 0 Å². The summed E-state index contributed by atoms with van der Waals surface area (Å²) in [6, 6.07) is 12.4. The predicted octanol–water partition coefficient (Wildman–Crippen LogP) is 5.03. The Balaban J connectivity index is 2.15. The number of hydrogen-bond donors (Lipinski definition) is 0. The Morgan fingerprint density at radius 3 is 2.54 bits per heavy atom. The Bertz CT molecular complexity index is 947. The van der Waals surface area contributed by atoms with Crippen LogP contribution in [0.4, 0.5) is 5.69 Å². The van der Waals surface area contributed by atoms with Crippen LogP contribution in [0.15, 0.2) is 42.5 Å². The van der Waals surface area contributed by atoms with Crippen molar-refractivity contribution >= 4 is 17.3 Å². The van der Waals surface area contributed by atoms with Gasteiger partial charge in [-0.15, -0.1) is 0 Å². The molecule has 6 heteroatoms. The maximum Gasteiger partial charge on any atom is 0.270 e. The molecule has 0 radical (unpaired) electrons. The summed E-state index contributed by atoms with van der Waals surface area (Å²) in [5.74, 6) is 0. The highest BCUT2D eigenvalue weighted by Gasteiger charge is 2.17. The van der Waals surface area contributed by atoms with Crippen molar-refractivity contribution in [1.82, 2.24) is 9.78 Å². The minimum atomic E-state index is -0.391. The Kier molecular flexibility index (Phi) is 4.11. The minimum absolute atomic E-state index is 0.0671. The number of benzene rings is 2. The van der Waals surface area contributed by atoms with E-state index in [-0.39, 0.29) is 5.69 Å². The maximum atomic E-state index is 11.0. The normalized spacial score (nSPS) is 10.8. The molecule has 0 N–H and O–H groups in total. The number of aryl methyl sites for hydroxylation is 2. The van der Waals surface area contributed by atoms with E-state index in [0.29, 0.717) is 5.02 Å². The molecule has 0 bridgehead atoms. The van der Waals surface area contributed by atoms with Gasteiger partial charge in [0.05, 0.1) is 16.3 Å². The smallest absolute Gasteiger partial charge is 0.258 e. The summed E-state index contributed by atoms with van der Waals surface area (Å²) in [6.07, 6.45) is 0. The van der Waals surface area contributed by atoms with Crippen molar-refractivity contribution in [1.29, 1.82) is 0 Å². The van der Waals surface area contributed by atoms with Crippen LogP contribution in [0, 0.1) is 30.9 Å². The fourth-order valence-electron chi connectivity index (χ4n) is 2.80. The zero-order valence-corrected chi connectivity index (χ0v) is 14.3. The average molecular weight is 342 g/mol. The molecular weight excluding hydrogens is 326 g/mol. The highest BCUT2D eigenvalue weighted by molar-refractivity contribution is 6.31. The fourth-order valence-corrected chi connectivity index (χ4v) is 2.98. The Hall–Kier alpha value is -2.66. The van der Waals surface area contributed by atoms with Crippen molar-refractivity contribution < 1.29 is 4.92 Å². The third kappa shape index (κ3) is 2.78. The molecule has 0 unspecified atom stereocenters. The number of hydrogen-bond acceptors (Lipinski definition) is 3. The van der Waals surface area contributed by atoms with E-state index in [4.69, 9.17) is 11.6 Å². The van der Waals surface area contributed by atoms with Crippen LogP contribution in [-0.2, 0) is 0 Å². The Morgan fingerprint density at radius 1 is 1.12 bits per heavy atom. The van der Waals surface area contributed by atoms with Crippen LogP contribution < -0.4 is 0 Å². The summed E-state index contributed by atoms with van der Waals surface area (Å²) in [7, 11) is 0. The number of aromatic nitrogens is 2. The van der Waals surface area contributed by atoms with E-state index < -0.39 is 4.92 Å². The lowest BCUT2D eigenvalue weighted by molar-refractivity contribution is -0.384. The van der Waals surface area contributed by atoms with Crippen LogP contribution in [-0.4, -0.2) is 14.7 Å². The molecule has 2 aromatic carbocycles. The number of rotatable bonds is 3. The standard InChI is InChI=1S/C18H16ClN3O2/c1-11-7-8-15(10-17(11)19)21-13(3)18(12(2)20-21)14-5-4-6-16(9-14)22(23)24/h4-10H,1-3H3. The van der Waals surface area contributed by atoms with Gasteiger partial charge in [-0.1, -0.05) is 29.8 Å². The first-order valence-electron chi connectivity index (χ1n) is 7.46. The van der Waals surface area contributed by atoms with Gasteiger partial charge < -0.3 is 0 Å². The highest BCUT2D eigenvalue weighted by atomic mass is 35.5. The molecule has 0 saturated carbocycles. The summed E-state index contributed by atoms with van der Waals surface area (Å²) >= 11 is 6.22. The number of nitro benzene ring substituents is 1. The fraction of sp³-hybridized carbons (Fsp3) is 0.167. The van der Waals surface area contributed by atoms with Gasteiger partial charge in [0.25, 0.3) is 5.69 Å². The van der Waals surface area contributed by atoms with Crippen LogP contribution in [0.5, 0.6) is 0 Å². The average Bonchev–Trinajstić information content (AvgIpc) is 2.85. The van der Waals surface area contributed by atoms with E-state index in [1.54, 1.807) is 12.1 Å².